The summed E-state index contributed by atoms with van der Waals surface area (Å²) in [5.41, 5.74) is 4.40. The zero-order chi connectivity index (χ0) is 23.1. The van der Waals surface area contributed by atoms with Crippen LogP contribution in [0.15, 0.2) is 66.2 Å². The van der Waals surface area contributed by atoms with E-state index in [2.05, 4.69) is 5.32 Å². The summed E-state index contributed by atoms with van der Waals surface area (Å²) in [6, 6.07) is 20.2. The number of ether oxygens (including phenoxy) is 2. The van der Waals surface area contributed by atoms with E-state index < -0.39 is 5.91 Å². The topological polar surface area (TPSA) is 71.3 Å². The van der Waals surface area contributed by atoms with Crippen molar-refractivity contribution in [1.82, 2.24) is 0 Å². The smallest absolute Gasteiger partial charge is 0.266 e. The Hall–Kier alpha value is -3.75. The Labute approximate surface area is 192 Å². The molecule has 32 heavy (non-hydrogen) atoms. The molecule has 0 unspecified atom stereocenters. The van der Waals surface area contributed by atoms with E-state index in [1.165, 1.54) is 6.08 Å². The van der Waals surface area contributed by atoms with Gasteiger partial charge in [-0.25, -0.2) is 0 Å². The zero-order valence-electron chi connectivity index (χ0n) is 18.1. The van der Waals surface area contributed by atoms with Crippen molar-refractivity contribution in [3.8, 4) is 17.6 Å². The maximum Gasteiger partial charge on any atom is 0.266 e. The fraction of sp³-hybridized carbons (Fsp3) is 0.154. The second-order valence-electron chi connectivity index (χ2n) is 7.25. The Morgan fingerprint density at radius 3 is 2.44 bits per heavy atom. The summed E-state index contributed by atoms with van der Waals surface area (Å²) < 4.78 is 11.3. The average molecular weight is 447 g/mol. The molecule has 0 aliphatic heterocycles. The normalized spacial score (nSPS) is 10.9. The minimum Gasteiger partial charge on any atom is -0.493 e. The number of nitrogens with one attached hydrogen (secondary N) is 1. The Morgan fingerprint density at radius 2 is 1.78 bits per heavy atom. The van der Waals surface area contributed by atoms with Crippen LogP contribution < -0.4 is 14.8 Å². The van der Waals surface area contributed by atoms with E-state index in [-0.39, 0.29) is 5.57 Å². The van der Waals surface area contributed by atoms with Gasteiger partial charge >= 0.3 is 0 Å². The average Bonchev–Trinajstić information content (AvgIpc) is 2.79. The highest BCUT2D eigenvalue weighted by Crippen LogP contribution is 2.30. The van der Waals surface area contributed by atoms with Crippen LogP contribution in [0.3, 0.4) is 0 Å². The lowest BCUT2D eigenvalue weighted by Crippen LogP contribution is -2.13. The number of hydrogen-bond acceptors (Lipinski definition) is 4. The number of methoxy groups -OCH3 is 1. The van der Waals surface area contributed by atoms with Crippen LogP contribution in [0.25, 0.3) is 6.08 Å². The molecular formula is C26H23ClN2O3. The van der Waals surface area contributed by atoms with E-state index in [1.807, 2.05) is 50.2 Å². The predicted octanol–water partition coefficient (Wildman–Crippen LogP) is 6.09. The molecule has 0 bridgehead atoms. The number of amides is 1. The lowest BCUT2D eigenvalue weighted by atomic mass is 10.1. The van der Waals surface area contributed by atoms with Gasteiger partial charge in [0.15, 0.2) is 11.5 Å². The van der Waals surface area contributed by atoms with Gasteiger partial charge in [-0.3, -0.25) is 4.79 Å². The number of aryl methyl sites for hydroxylation is 2. The predicted molar refractivity (Wildman–Crippen MR) is 127 cm³/mol. The molecule has 0 atom stereocenters. The molecule has 0 aliphatic carbocycles. The van der Waals surface area contributed by atoms with E-state index in [1.54, 1.807) is 37.4 Å². The maximum atomic E-state index is 12.6. The van der Waals surface area contributed by atoms with E-state index in [0.717, 1.165) is 16.7 Å². The molecule has 5 nitrogen and oxygen atoms in total. The van der Waals surface area contributed by atoms with Crippen LogP contribution in [-0.4, -0.2) is 13.0 Å². The van der Waals surface area contributed by atoms with Crippen LogP contribution in [0.1, 0.15) is 22.3 Å². The van der Waals surface area contributed by atoms with Crippen molar-refractivity contribution in [3.63, 3.8) is 0 Å². The Balaban J connectivity index is 1.79. The summed E-state index contributed by atoms with van der Waals surface area (Å²) in [6.45, 7) is 4.28. The number of halogens is 1. The number of nitrogens with zero attached hydrogens (tertiary/aromatic N) is 1. The highest BCUT2D eigenvalue weighted by molar-refractivity contribution is 6.30. The molecule has 0 saturated heterocycles. The van der Waals surface area contributed by atoms with Crippen molar-refractivity contribution in [1.29, 1.82) is 5.26 Å². The third-order valence-electron chi connectivity index (χ3n) is 4.94. The van der Waals surface area contributed by atoms with Gasteiger partial charge in [-0.15, -0.1) is 0 Å². The van der Waals surface area contributed by atoms with Crippen LogP contribution >= 0.6 is 11.6 Å². The Morgan fingerprint density at radius 1 is 1.03 bits per heavy atom. The summed E-state index contributed by atoms with van der Waals surface area (Å²) in [7, 11) is 1.55. The minimum atomic E-state index is -0.477. The van der Waals surface area contributed by atoms with Gasteiger partial charge in [-0.05, 0) is 78.6 Å². The van der Waals surface area contributed by atoms with Gasteiger partial charge in [0, 0.05) is 10.7 Å². The van der Waals surface area contributed by atoms with Gasteiger partial charge in [0.05, 0.1) is 7.11 Å². The first-order chi connectivity index (χ1) is 15.4. The molecule has 3 aromatic rings. The Bertz CT molecular complexity index is 1190. The lowest BCUT2D eigenvalue weighted by Gasteiger charge is -2.12. The van der Waals surface area contributed by atoms with Gasteiger partial charge in [0.2, 0.25) is 0 Å². The highest BCUT2D eigenvalue weighted by atomic mass is 35.5. The second kappa shape index (κ2) is 10.5. The molecule has 3 rings (SSSR count). The number of nitriles is 1. The highest BCUT2D eigenvalue weighted by Gasteiger charge is 2.12. The summed E-state index contributed by atoms with van der Waals surface area (Å²) in [5.74, 6) is 0.576. The number of carbonyl (C=O) groups is 1. The second-order valence-corrected chi connectivity index (χ2v) is 7.68. The van der Waals surface area contributed by atoms with Crippen LogP contribution in [0.5, 0.6) is 11.5 Å². The number of carbonyl (C=O) groups excluding carboxylic acids is 1. The van der Waals surface area contributed by atoms with Gasteiger partial charge in [0.25, 0.3) is 5.91 Å². The van der Waals surface area contributed by atoms with Crippen LogP contribution in [0, 0.1) is 25.2 Å². The number of anilines is 1. The third-order valence-corrected chi connectivity index (χ3v) is 5.19. The first kappa shape index (κ1) is 22.9. The quantitative estimate of drug-likeness (QED) is 0.352. The zero-order valence-corrected chi connectivity index (χ0v) is 18.9. The number of hydrogen-bond donors (Lipinski definition) is 1. The van der Waals surface area contributed by atoms with Crippen molar-refractivity contribution in [2.45, 2.75) is 20.5 Å². The molecule has 162 valence electrons. The summed E-state index contributed by atoms with van der Waals surface area (Å²) in [6.07, 6.45) is 1.52. The molecule has 3 aromatic carbocycles. The monoisotopic (exact) mass is 446 g/mol. The summed E-state index contributed by atoms with van der Waals surface area (Å²) >= 11 is 5.92. The van der Waals surface area contributed by atoms with E-state index in [0.29, 0.717) is 34.4 Å². The van der Waals surface area contributed by atoms with Gasteiger partial charge in [-0.1, -0.05) is 35.9 Å². The molecule has 6 heteroatoms. The van der Waals surface area contributed by atoms with Crippen molar-refractivity contribution in [3.05, 3.63) is 93.5 Å². The molecule has 0 aliphatic rings. The molecule has 0 radical (unpaired) electrons. The molecule has 0 fully saturated rings. The molecule has 0 heterocycles. The molecule has 0 aromatic heterocycles. The van der Waals surface area contributed by atoms with Crippen molar-refractivity contribution < 1.29 is 14.3 Å². The first-order valence-corrected chi connectivity index (χ1v) is 10.3. The van der Waals surface area contributed by atoms with E-state index in [4.69, 9.17) is 21.1 Å². The first-order valence-electron chi connectivity index (χ1n) is 9.95. The van der Waals surface area contributed by atoms with E-state index in [9.17, 15) is 10.1 Å². The van der Waals surface area contributed by atoms with Crippen molar-refractivity contribution in [2.24, 2.45) is 0 Å². The van der Waals surface area contributed by atoms with Crippen LogP contribution in [0.2, 0.25) is 5.02 Å². The number of rotatable bonds is 7. The minimum absolute atomic E-state index is 0.0166. The third kappa shape index (κ3) is 5.90. The maximum absolute atomic E-state index is 12.6. The fourth-order valence-corrected chi connectivity index (χ4v) is 3.10. The van der Waals surface area contributed by atoms with Gasteiger partial charge < -0.3 is 14.8 Å². The van der Waals surface area contributed by atoms with Gasteiger partial charge in [0.1, 0.15) is 18.2 Å². The van der Waals surface area contributed by atoms with Crippen molar-refractivity contribution in [2.75, 3.05) is 12.4 Å². The molecule has 0 saturated carbocycles. The molecule has 1 N–H and O–H groups in total. The summed E-state index contributed by atoms with van der Waals surface area (Å²) in [4.78, 5) is 12.6. The molecular weight excluding hydrogens is 424 g/mol. The lowest BCUT2D eigenvalue weighted by molar-refractivity contribution is -0.112. The SMILES string of the molecule is COc1ccc(C=C(C#N)C(=O)Nc2ccc(C)c(C)c2)cc1OCc1ccc(Cl)cc1. The van der Waals surface area contributed by atoms with Crippen molar-refractivity contribution >= 4 is 29.3 Å². The number of benzene rings is 3. The van der Waals surface area contributed by atoms with Crippen LogP contribution in [0.4, 0.5) is 5.69 Å². The van der Waals surface area contributed by atoms with E-state index >= 15 is 0 Å². The molecule has 0 spiro atoms. The Kier molecular flexibility index (Phi) is 7.54. The standard InChI is InChI=1S/C26H23ClN2O3/c1-17-4-10-23(12-18(17)2)29-26(30)21(15-28)13-20-7-11-24(31-3)25(14-20)32-16-19-5-8-22(27)9-6-19/h4-14H,16H2,1-3H3,(H,29,30). The largest absolute Gasteiger partial charge is 0.493 e. The fourth-order valence-electron chi connectivity index (χ4n) is 2.97. The van der Waals surface area contributed by atoms with Gasteiger partial charge in [-0.2, -0.15) is 5.26 Å². The molecule has 1 amide bonds. The summed E-state index contributed by atoms with van der Waals surface area (Å²) in [5, 5.41) is 13.0. The van der Waals surface area contributed by atoms with Crippen LogP contribution in [-0.2, 0) is 11.4 Å².